The predicted octanol–water partition coefficient (Wildman–Crippen LogP) is 7.57. The number of rotatable bonds is 18. The average molecular weight is 369 g/mol. The van der Waals surface area contributed by atoms with Crippen molar-refractivity contribution in [1.82, 2.24) is 0 Å². The Bertz CT molecular complexity index is 273. The van der Waals surface area contributed by atoms with Crippen molar-refractivity contribution in [2.24, 2.45) is 0 Å². The fraction of sp³-hybridized carbons (Fsp3) is 1.00. The lowest BCUT2D eigenvalue weighted by molar-refractivity contribution is -0.0389. The summed E-state index contributed by atoms with van der Waals surface area (Å²) in [6, 6.07) is 0. The molecule has 2 heteroatoms. The van der Waals surface area contributed by atoms with E-state index in [-0.39, 0.29) is 0 Å². The Morgan fingerprint density at radius 3 is 1.73 bits per heavy atom. The van der Waals surface area contributed by atoms with Crippen LogP contribution in [0.2, 0.25) is 0 Å². The highest BCUT2D eigenvalue weighted by Gasteiger charge is 2.18. The van der Waals surface area contributed by atoms with Crippen LogP contribution in [0, 0.1) is 0 Å². The lowest BCUT2D eigenvalue weighted by Crippen LogP contribution is -2.24. The van der Waals surface area contributed by atoms with Gasteiger partial charge in [-0.25, -0.2) is 0 Å². The van der Waals surface area contributed by atoms with Crippen molar-refractivity contribution in [3.8, 4) is 0 Å². The second-order valence-corrected chi connectivity index (χ2v) is 8.56. The number of hydrogen-bond acceptors (Lipinski definition) is 2. The van der Waals surface area contributed by atoms with E-state index in [4.69, 9.17) is 9.84 Å². The molecule has 0 aliphatic heterocycles. The van der Waals surface area contributed by atoms with E-state index in [0.29, 0.717) is 18.8 Å². The molecule has 1 aliphatic carbocycles. The molecular formula is C24H48O2. The lowest BCUT2D eigenvalue weighted by atomic mass is 9.96. The first-order valence-corrected chi connectivity index (χ1v) is 12.1. The van der Waals surface area contributed by atoms with Gasteiger partial charge in [-0.15, -0.1) is 0 Å². The van der Waals surface area contributed by atoms with Crippen LogP contribution < -0.4 is 0 Å². The number of aliphatic hydroxyl groups is 1. The van der Waals surface area contributed by atoms with Crippen LogP contribution in [-0.2, 0) is 4.74 Å². The lowest BCUT2D eigenvalue weighted by Gasteiger charge is -2.28. The molecule has 0 aromatic carbocycles. The van der Waals surface area contributed by atoms with E-state index in [0.717, 1.165) is 6.42 Å². The van der Waals surface area contributed by atoms with Crippen LogP contribution in [0.15, 0.2) is 0 Å². The summed E-state index contributed by atoms with van der Waals surface area (Å²) in [4.78, 5) is 0. The first-order valence-electron chi connectivity index (χ1n) is 12.1. The summed E-state index contributed by atoms with van der Waals surface area (Å²) < 4.78 is 6.55. The Morgan fingerprint density at radius 2 is 1.19 bits per heavy atom. The molecule has 2 nitrogen and oxygen atoms in total. The van der Waals surface area contributed by atoms with E-state index in [1.165, 1.54) is 122 Å². The second-order valence-electron chi connectivity index (χ2n) is 8.56. The average Bonchev–Trinajstić information content (AvgIpc) is 2.67. The summed E-state index contributed by atoms with van der Waals surface area (Å²) in [7, 11) is 0. The van der Waals surface area contributed by atoms with Gasteiger partial charge in [0.05, 0.1) is 12.2 Å². The van der Waals surface area contributed by atoms with E-state index >= 15 is 0 Å². The number of aliphatic hydroxyl groups excluding tert-OH is 1. The van der Waals surface area contributed by atoms with Crippen LogP contribution in [0.1, 0.15) is 135 Å². The molecule has 1 fully saturated rings. The molecule has 0 bridgehead atoms. The minimum atomic E-state index is 0.360. The summed E-state index contributed by atoms with van der Waals surface area (Å²) in [5.74, 6) is 0. The third-order valence-corrected chi connectivity index (χ3v) is 6.00. The fourth-order valence-electron chi connectivity index (χ4n) is 4.27. The van der Waals surface area contributed by atoms with Gasteiger partial charge in [-0.05, 0) is 32.1 Å². The van der Waals surface area contributed by atoms with Gasteiger partial charge in [0.2, 0.25) is 0 Å². The molecule has 0 aromatic heterocycles. The Labute approximate surface area is 164 Å². The molecule has 1 saturated carbocycles. The highest BCUT2D eigenvalue weighted by Crippen LogP contribution is 2.25. The van der Waals surface area contributed by atoms with Crippen molar-refractivity contribution in [1.29, 1.82) is 0 Å². The SMILES string of the molecule is CCCCCCCCC(CCCCCCCCCO)OC1CCCCC1. The van der Waals surface area contributed by atoms with Gasteiger partial charge < -0.3 is 9.84 Å². The van der Waals surface area contributed by atoms with Gasteiger partial charge in [-0.3, -0.25) is 0 Å². The zero-order valence-corrected chi connectivity index (χ0v) is 17.9. The zero-order chi connectivity index (χ0) is 18.7. The van der Waals surface area contributed by atoms with E-state index in [1.54, 1.807) is 0 Å². The second kappa shape index (κ2) is 18.3. The van der Waals surface area contributed by atoms with Crippen molar-refractivity contribution in [2.75, 3.05) is 6.61 Å². The zero-order valence-electron chi connectivity index (χ0n) is 17.9. The van der Waals surface area contributed by atoms with Crippen molar-refractivity contribution in [3.05, 3.63) is 0 Å². The molecule has 26 heavy (non-hydrogen) atoms. The van der Waals surface area contributed by atoms with Crippen molar-refractivity contribution >= 4 is 0 Å². The van der Waals surface area contributed by atoms with Crippen molar-refractivity contribution in [2.45, 2.75) is 148 Å². The summed E-state index contributed by atoms with van der Waals surface area (Å²) in [5, 5.41) is 8.82. The van der Waals surface area contributed by atoms with Crippen molar-refractivity contribution in [3.63, 3.8) is 0 Å². The maximum absolute atomic E-state index is 8.82. The number of ether oxygens (including phenoxy) is 1. The summed E-state index contributed by atoms with van der Waals surface area (Å²) >= 11 is 0. The third-order valence-electron chi connectivity index (χ3n) is 6.00. The molecule has 0 saturated heterocycles. The molecule has 1 aliphatic rings. The largest absolute Gasteiger partial charge is 0.396 e. The number of unbranched alkanes of at least 4 members (excludes halogenated alkanes) is 11. The Kier molecular flexibility index (Phi) is 16.9. The normalized spacial score (nSPS) is 16.8. The van der Waals surface area contributed by atoms with Crippen LogP contribution in [-0.4, -0.2) is 23.9 Å². The van der Waals surface area contributed by atoms with Gasteiger partial charge >= 0.3 is 0 Å². The molecule has 156 valence electrons. The van der Waals surface area contributed by atoms with Gasteiger partial charge in [0.25, 0.3) is 0 Å². The van der Waals surface area contributed by atoms with Crippen LogP contribution in [0.25, 0.3) is 0 Å². The van der Waals surface area contributed by atoms with Crippen LogP contribution in [0.5, 0.6) is 0 Å². The molecule has 1 atom stereocenters. The number of hydrogen-bond donors (Lipinski definition) is 1. The Balaban J connectivity index is 2.13. The van der Waals surface area contributed by atoms with E-state index in [9.17, 15) is 0 Å². The van der Waals surface area contributed by atoms with Crippen LogP contribution in [0.3, 0.4) is 0 Å². The van der Waals surface area contributed by atoms with Crippen LogP contribution >= 0.6 is 0 Å². The Morgan fingerprint density at radius 1 is 0.692 bits per heavy atom. The van der Waals surface area contributed by atoms with Gasteiger partial charge in [-0.2, -0.15) is 0 Å². The molecular weight excluding hydrogens is 320 g/mol. The highest BCUT2D eigenvalue weighted by atomic mass is 16.5. The molecule has 0 spiro atoms. The molecule has 1 N–H and O–H groups in total. The molecule has 0 aromatic rings. The monoisotopic (exact) mass is 368 g/mol. The van der Waals surface area contributed by atoms with Gasteiger partial charge in [0.1, 0.15) is 0 Å². The topological polar surface area (TPSA) is 29.5 Å². The minimum absolute atomic E-state index is 0.360. The van der Waals surface area contributed by atoms with Crippen LogP contribution in [0.4, 0.5) is 0 Å². The molecule has 1 unspecified atom stereocenters. The maximum atomic E-state index is 8.82. The smallest absolute Gasteiger partial charge is 0.0578 e. The van der Waals surface area contributed by atoms with Gasteiger partial charge in [0.15, 0.2) is 0 Å². The van der Waals surface area contributed by atoms with Crippen molar-refractivity contribution < 1.29 is 9.84 Å². The summed E-state index contributed by atoms with van der Waals surface area (Å²) in [5.41, 5.74) is 0. The first kappa shape index (κ1) is 24.0. The maximum Gasteiger partial charge on any atom is 0.0578 e. The van der Waals surface area contributed by atoms with Gasteiger partial charge in [0, 0.05) is 6.61 Å². The molecule has 0 heterocycles. The Hall–Kier alpha value is -0.0800. The minimum Gasteiger partial charge on any atom is -0.396 e. The first-order chi connectivity index (χ1) is 12.9. The van der Waals surface area contributed by atoms with E-state index < -0.39 is 0 Å². The molecule has 0 radical (unpaired) electrons. The standard InChI is InChI=1S/C24H48O2/c1-2-3-4-5-9-13-18-23(26-24-20-15-12-16-21-24)19-14-10-7-6-8-11-17-22-25/h23-25H,2-22H2,1H3. The third kappa shape index (κ3) is 14.0. The molecule has 0 amide bonds. The summed E-state index contributed by atoms with van der Waals surface area (Å²) in [6.07, 6.45) is 27.6. The molecule has 1 rings (SSSR count). The predicted molar refractivity (Wildman–Crippen MR) is 114 cm³/mol. The quantitative estimate of drug-likeness (QED) is 0.253. The highest BCUT2D eigenvalue weighted by molar-refractivity contribution is 4.69. The van der Waals surface area contributed by atoms with E-state index in [1.807, 2.05) is 0 Å². The fourth-order valence-corrected chi connectivity index (χ4v) is 4.27. The summed E-state index contributed by atoms with van der Waals surface area (Å²) in [6.45, 7) is 2.65. The van der Waals surface area contributed by atoms with E-state index in [2.05, 4.69) is 6.92 Å². The van der Waals surface area contributed by atoms with Gasteiger partial charge in [-0.1, -0.05) is 103 Å².